The highest BCUT2D eigenvalue weighted by Gasteiger charge is 2.26. The van der Waals surface area contributed by atoms with Gasteiger partial charge < -0.3 is 10.2 Å². The van der Waals surface area contributed by atoms with Crippen molar-refractivity contribution in [2.45, 2.75) is 52.6 Å². The number of carbonyl (C=O) groups is 2. The average molecular weight is 508 g/mol. The van der Waals surface area contributed by atoms with Gasteiger partial charge in [-0.2, -0.15) is 0 Å². The maximum absolute atomic E-state index is 13.2. The Morgan fingerprint density at radius 1 is 1.06 bits per heavy atom. The van der Waals surface area contributed by atoms with Crippen molar-refractivity contribution in [3.63, 3.8) is 0 Å². The lowest BCUT2D eigenvalue weighted by Gasteiger charge is -2.29. The first-order valence-electron chi connectivity index (χ1n) is 11.4. The molecular weight excluding hydrogens is 474 g/mol. The third-order valence-electron chi connectivity index (χ3n) is 5.46. The van der Waals surface area contributed by atoms with Crippen LogP contribution in [0.5, 0.6) is 0 Å². The molecule has 1 atom stereocenters. The molecule has 0 heterocycles. The highest BCUT2D eigenvalue weighted by Crippen LogP contribution is 2.21. The molecule has 0 aliphatic carbocycles. The zero-order chi connectivity index (χ0) is 25.3. The molecule has 0 fully saturated rings. The number of hydrogen-bond donors (Lipinski definition) is 1. The standard InChI is InChI=1S/C25H34ClN3O4S/c1-5-16-27-25(31)20(3)28(18-21-10-8-19(2)9-11-21)24(30)7-6-17-29(34(4,32)33)23-14-12-22(26)13-15-23/h8-15,20H,5-7,16-18H2,1-4H3,(H,27,31)/t20-/m1/s1. The summed E-state index contributed by atoms with van der Waals surface area (Å²) >= 11 is 5.92. The van der Waals surface area contributed by atoms with Gasteiger partial charge in [-0.25, -0.2) is 8.42 Å². The number of aryl methyl sites for hydroxylation is 1. The first-order valence-corrected chi connectivity index (χ1v) is 13.6. The third-order valence-corrected chi connectivity index (χ3v) is 6.90. The van der Waals surface area contributed by atoms with Crippen LogP contribution in [0.15, 0.2) is 48.5 Å². The molecule has 0 unspecified atom stereocenters. The summed E-state index contributed by atoms with van der Waals surface area (Å²) in [4.78, 5) is 27.4. The Bertz CT molecular complexity index is 1060. The van der Waals surface area contributed by atoms with Gasteiger partial charge in [0.2, 0.25) is 21.8 Å². The maximum atomic E-state index is 13.2. The molecule has 0 bridgehead atoms. The smallest absolute Gasteiger partial charge is 0.242 e. The molecule has 0 saturated carbocycles. The van der Waals surface area contributed by atoms with E-state index in [4.69, 9.17) is 11.6 Å². The minimum absolute atomic E-state index is 0.108. The van der Waals surface area contributed by atoms with Gasteiger partial charge in [0.25, 0.3) is 0 Å². The molecule has 9 heteroatoms. The van der Waals surface area contributed by atoms with Crippen molar-refractivity contribution >= 4 is 39.1 Å². The van der Waals surface area contributed by atoms with Crippen molar-refractivity contribution in [2.75, 3.05) is 23.7 Å². The van der Waals surface area contributed by atoms with Crippen molar-refractivity contribution < 1.29 is 18.0 Å². The lowest BCUT2D eigenvalue weighted by atomic mass is 10.1. The molecule has 0 aliphatic rings. The van der Waals surface area contributed by atoms with Crippen LogP contribution in [-0.2, 0) is 26.2 Å². The van der Waals surface area contributed by atoms with Gasteiger partial charge >= 0.3 is 0 Å². The van der Waals surface area contributed by atoms with Crippen LogP contribution in [-0.4, -0.2) is 50.5 Å². The van der Waals surface area contributed by atoms with E-state index in [1.807, 2.05) is 38.1 Å². The van der Waals surface area contributed by atoms with E-state index in [1.165, 1.54) is 4.31 Å². The molecule has 0 radical (unpaired) electrons. The second-order valence-corrected chi connectivity index (χ2v) is 10.7. The summed E-state index contributed by atoms with van der Waals surface area (Å²) in [5.74, 6) is -0.412. The Morgan fingerprint density at radius 3 is 2.24 bits per heavy atom. The lowest BCUT2D eigenvalue weighted by molar-refractivity contribution is -0.140. The third kappa shape index (κ3) is 8.33. The van der Waals surface area contributed by atoms with Gasteiger partial charge in [0.15, 0.2) is 0 Å². The van der Waals surface area contributed by atoms with E-state index >= 15 is 0 Å². The van der Waals surface area contributed by atoms with Crippen molar-refractivity contribution in [2.24, 2.45) is 0 Å². The first kappa shape index (κ1) is 27.7. The van der Waals surface area contributed by atoms with E-state index < -0.39 is 16.1 Å². The van der Waals surface area contributed by atoms with Crippen LogP contribution in [0.1, 0.15) is 44.2 Å². The summed E-state index contributed by atoms with van der Waals surface area (Å²) in [5.41, 5.74) is 2.52. The molecule has 0 aromatic heterocycles. The van der Waals surface area contributed by atoms with Crippen LogP contribution in [0.3, 0.4) is 0 Å². The summed E-state index contributed by atoms with van der Waals surface area (Å²) in [5, 5.41) is 3.36. The van der Waals surface area contributed by atoms with E-state index in [0.29, 0.717) is 30.2 Å². The zero-order valence-corrected chi connectivity index (χ0v) is 21.8. The number of carbonyl (C=O) groups excluding carboxylic acids is 2. The fourth-order valence-electron chi connectivity index (χ4n) is 3.48. The van der Waals surface area contributed by atoms with E-state index in [0.717, 1.165) is 23.8 Å². The molecule has 0 saturated heterocycles. The second-order valence-electron chi connectivity index (χ2n) is 8.39. The number of rotatable bonds is 12. The fourth-order valence-corrected chi connectivity index (χ4v) is 4.57. The molecule has 186 valence electrons. The normalized spacial score (nSPS) is 12.1. The molecular formula is C25H34ClN3O4S. The Morgan fingerprint density at radius 2 is 1.68 bits per heavy atom. The number of halogens is 1. The van der Waals surface area contributed by atoms with Gasteiger partial charge in [0, 0.05) is 31.1 Å². The van der Waals surface area contributed by atoms with E-state index in [-0.39, 0.29) is 24.8 Å². The van der Waals surface area contributed by atoms with Crippen LogP contribution >= 0.6 is 11.6 Å². The Kier molecular flexibility index (Phi) is 10.4. The number of benzene rings is 2. The largest absolute Gasteiger partial charge is 0.354 e. The highest BCUT2D eigenvalue weighted by molar-refractivity contribution is 7.92. The fraction of sp³-hybridized carbons (Fsp3) is 0.440. The number of sulfonamides is 1. The first-order chi connectivity index (χ1) is 16.0. The average Bonchev–Trinajstić information content (AvgIpc) is 2.79. The number of anilines is 1. The quantitative estimate of drug-likeness (QED) is 0.467. The van der Waals surface area contributed by atoms with E-state index in [9.17, 15) is 18.0 Å². The molecule has 2 aromatic carbocycles. The predicted octanol–water partition coefficient (Wildman–Crippen LogP) is 4.14. The Balaban J connectivity index is 2.13. The summed E-state index contributed by atoms with van der Waals surface area (Å²) in [7, 11) is -3.54. The van der Waals surface area contributed by atoms with Gasteiger partial charge in [-0.3, -0.25) is 13.9 Å². The van der Waals surface area contributed by atoms with Gasteiger partial charge in [0.1, 0.15) is 6.04 Å². The molecule has 2 rings (SSSR count). The van der Waals surface area contributed by atoms with Crippen molar-refractivity contribution in [3.8, 4) is 0 Å². The van der Waals surface area contributed by atoms with Gasteiger partial charge in [-0.15, -0.1) is 0 Å². The molecule has 2 aromatic rings. The molecule has 7 nitrogen and oxygen atoms in total. The van der Waals surface area contributed by atoms with Crippen LogP contribution in [0, 0.1) is 6.92 Å². The summed E-state index contributed by atoms with van der Waals surface area (Å²) in [6, 6.07) is 13.7. The maximum Gasteiger partial charge on any atom is 0.242 e. The minimum atomic E-state index is -3.54. The number of nitrogens with one attached hydrogen (secondary N) is 1. The zero-order valence-electron chi connectivity index (χ0n) is 20.3. The molecule has 2 amide bonds. The second kappa shape index (κ2) is 12.8. The molecule has 34 heavy (non-hydrogen) atoms. The predicted molar refractivity (Wildman–Crippen MR) is 137 cm³/mol. The minimum Gasteiger partial charge on any atom is -0.354 e. The summed E-state index contributed by atoms with van der Waals surface area (Å²) < 4.78 is 25.9. The topological polar surface area (TPSA) is 86.8 Å². The van der Waals surface area contributed by atoms with E-state index in [2.05, 4.69) is 5.32 Å². The SMILES string of the molecule is CCCNC(=O)[C@@H](C)N(Cc1ccc(C)cc1)C(=O)CCCN(c1ccc(Cl)cc1)S(C)(=O)=O. The monoisotopic (exact) mass is 507 g/mol. The number of hydrogen-bond acceptors (Lipinski definition) is 4. The number of amides is 2. The summed E-state index contributed by atoms with van der Waals surface area (Å²) in [6.07, 6.45) is 2.35. The lowest BCUT2D eigenvalue weighted by Crippen LogP contribution is -2.47. The van der Waals surface area contributed by atoms with Crippen molar-refractivity contribution in [1.82, 2.24) is 10.2 Å². The van der Waals surface area contributed by atoms with Crippen LogP contribution in [0.25, 0.3) is 0 Å². The summed E-state index contributed by atoms with van der Waals surface area (Å²) in [6.45, 7) is 6.65. The highest BCUT2D eigenvalue weighted by atomic mass is 35.5. The number of nitrogens with zero attached hydrogens (tertiary/aromatic N) is 2. The molecule has 1 N–H and O–H groups in total. The molecule has 0 aliphatic heterocycles. The molecule has 0 spiro atoms. The van der Waals surface area contributed by atoms with Gasteiger partial charge in [-0.1, -0.05) is 48.4 Å². The van der Waals surface area contributed by atoms with Gasteiger partial charge in [-0.05, 0) is 56.5 Å². The van der Waals surface area contributed by atoms with Crippen LogP contribution in [0.2, 0.25) is 5.02 Å². The Hall–Kier alpha value is -2.58. The van der Waals surface area contributed by atoms with E-state index in [1.54, 1.807) is 36.1 Å². The Labute approximate surface area is 208 Å². The van der Waals surface area contributed by atoms with Crippen molar-refractivity contribution in [3.05, 3.63) is 64.7 Å². The van der Waals surface area contributed by atoms with Crippen LogP contribution < -0.4 is 9.62 Å². The van der Waals surface area contributed by atoms with Crippen molar-refractivity contribution in [1.29, 1.82) is 0 Å². The van der Waals surface area contributed by atoms with Crippen LogP contribution in [0.4, 0.5) is 5.69 Å². The van der Waals surface area contributed by atoms with Gasteiger partial charge in [0.05, 0.1) is 11.9 Å².